The molecule has 0 radical (unpaired) electrons. The number of aryl methyl sites for hydroxylation is 2. The van der Waals surface area contributed by atoms with Crippen LogP contribution < -0.4 is 5.32 Å². The maximum atomic E-state index is 12.9. The number of carbonyl (C=O) groups is 1. The monoisotopic (exact) mass is 379 g/mol. The molecule has 1 fully saturated rings. The van der Waals surface area contributed by atoms with E-state index in [2.05, 4.69) is 19.2 Å². The molecule has 0 atom stereocenters. The quantitative estimate of drug-likeness (QED) is 0.808. The van der Waals surface area contributed by atoms with Crippen LogP contribution in [-0.4, -0.2) is 62.8 Å². The zero-order chi connectivity index (χ0) is 18.7. The third-order valence-electron chi connectivity index (χ3n) is 5.11. The van der Waals surface area contributed by atoms with Crippen molar-refractivity contribution in [1.82, 2.24) is 14.5 Å². The number of carbonyl (C=O) groups excluding carboxylic acids is 1. The highest BCUT2D eigenvalue weighted by atomic mass is 32.2. The van der Waals surface area contributed by atoms with Crippen LogP contribution in [0.25, 0.3) is 0 Å². The number of hydrogen-bond acceptors (Lipinski definition) is 4. The Morgan fingerprint density at radius 2 is 1.81 bits per heavy atom. The van der Waals surface area contributed by atoms with Crippen molar-refractivity contribution in [3.05, 3.63) is 29.3 Å². The Bertz CT molecular complexity index is 753. The molecule has 144 valence electrons. The van der Waals surface area contributed by atoms with Crippen molar-refractivity contribution < 1.29 is 13.2 Å². The third kappa shape index (κ3) is 4.45. The van der Waals surface area contributed by atoms with E-state index in [1.807, 2.05) is 17.0 Å². The van der Waals surface area contributed by atoms with Crippen LogP contribution in [0.3, 0.4) is 0 Å². The van der Waals surface area contributed by atoms with Crippen molar-refractivity contribution in [3.63, 3.8) is 0 Å². The number of nitrogens with zero attached hydrogens (tertiary/aromatic N) is 2. The normalized spacial score (nSPS) is 18.9. The number of fused-ring (bicyclic) bond motifs is 1. The Morgan fingerprint density at radius 3 is 2.50 bits per heavy atom. The molecule has 1 aliphatic carbocycles. The lowest BCUT2D eigenvalue weighted by Gasteiger charge is -2.33. The highest BCUT2D eigenvalue weighted by Gasteiger charge is 2.29. The van der Waals surface area contributed by atoms with Gasteiger partial charge >= 0.3 is 0 Å². The first-order valence-electron chi connectivity index (χ1n) is 9.47. The van der Waals surface area contributed by atoms with Gasteiger partial charge in [0.15, 0.2) is 0 Å². The largest absolute Gasteiger partial charge is 0.355 e. The molecule has 1 aromatic rings. The van der Waals surface area contributed by atoms with Crippen LogP contribution in [0.5, 0.6) is 0 Å². The first kappa shape index (κ1) is 19.3. The van der Waals surface area contributed by atoms with E-state index in [4.69, 9.17) is 0 Å². The molecule has 1 aromatic carbocycles. The molecule has 1 heterocycles. The SMILES string of the molecule is CC(C)CNC(=O)CN1CCN(S(=O)(=O)c2ccc3c(c2)CCC3)CC1. The van der Waals surface area contributed by atoms with Gasteiger partial charge in [0, 0.05) is 32.7 Å². The van der Waals surface area contributed by atoms with Crippen LogP contribution >= 0.6 is 0 Å². The average molecular weight is 380 g/mol. The molecule has 7 heteroatoms. The summed E-state index contributed by atoms with van der Waals surface area (Å²) in [4.78, 5) is 14.4. The molecular weight excluding hydrogens is 350 g/mol. The van der Waals surface area contributed by atoms with E-state index in [1.165, 1.54) is 11.1 Å². The molecule has 3 rings (SSSR count). The second-order valence-corrected chi connectivity index (χ2v) is 9.60. The summed E-state index contributed by atoms with van der Waals surface area (Å²) >= 11 is 0. The lowest BCUT2D eigenvalue weighted by atomic mass is 10.1. The van der Waals surface area contributed by atoms with Crippen LogP contribution in [0.1, 0.15) is 31.4 Å². The summed E-state index contributed by atoms with van der Waals surface area (Å²) in [6.45, 7) is 7.14. The van der Waals surface area contributed by atoms with Gasteiger partial charge in [0.1, 0.15) is 0 Å². The smallest absolute Gasteiger partial charge is 0.243 e. The fourth-order valence-corrected chi connectivity index (χ4v) is 5.04. The summed E-state index contributed by atoms with van der Waals surface area (Å²) < 4.78 is 27.4. The fraction of sp³-hybridized carbons (Fsp3) is 0.632. The molecule has 1 amide bonds. The van der Waals surface area contributed by atoms with Gasteiger partial charge in [-0.25, -0.2) is 8.42 Å². The number of benzene rings is 1. The van der Waals surface area contributed by atoms with Gasteiger partial charge in [-0.3, -0.25) is 9.69 Å². The van der Waals surface area contributed by atoms with Crippen molar-refractivity contribution in [3.8, 4) is 0 Å². The van der Waals surface area contributed by atoms with Gasteiger partial charge in [-0.2, -0.15) is 4.31 Å². The fourth-order valence-electron chi connectivity index (χ4n) is 3.56. The number of rotatable bonds is 6. The van der Waals surface area contributed by atoms with Gasteiger partial charge < -0.3 is 5.32 Å². The molecule has 0 saturated carbocycles. The minimum atomic E-state index is -3.45. The molecular formula is C19H29N3O3S. The van der Waals surface area contributed by atoms with Gasteiger partial charge in [0.25, 0.3) is 0 Å². The average Bonchev–Trinajstić information content (AvgIpc) is 3.08. The van der Waals surface area contributed by atoms with Crippen molar-refractivity contribution in [2.45, 2.75) is 38.0 Å². The topological polar surface area (TPSA) is 69.7 Å². The molecule has 0 aromatic heterocycles. The maximum absolute atomic E-state index is 12.9. The van der Waals surface area contributed by atoms with Crippen LogP contribution in [-0.2, 0) is 27.7 Å². The molecule has 0 bridgehead atoms. The van der Waals surface area contributed by atoms with E-state index >= 15 is 0 Å². The highest BCUT2D eigenvalue weighted by Crippen LogP contribution is 2.26. The number of piperazine rings is 1. The molecule has 2 aliphatic rings. The molecule has 1 N–H and O–H groups in total. The second-order valence-electron chi connectivity index (χ2n) is 7.66. The van der Waals surface area contributed by atoms with E-state index in [9.17, 15) is 13.2 Å². The van der Waals surface area contributed by atoms with Gasteiger partial charge in [0.2, 0.25) is 15.9 Å². The molecule has 0 unspecified atom stereocenters. The van der Waals surface area contributed by atoms with Gasteiger partial charge in [0.05, 0.1) is 11.4 Å². The number of nitrogens with one attached hydrogen (secondary N) is 1. The van der Waals surface area contributed by atoms with Crippen molar-refractivity contribution in [2.24, 2.45) is 5.92 Å². The number of sulfonamides is 1. The van der Waals surface area contributed by atoms with Crippen molar-refractivity contribution in [2.75, 3.05) is 39.3 Å². The minimum absolute atomic E-state index is 0.00799. The summed E-state index contributed by atoms with van der Waals surface area (Å²) in [7, 11) is -3.45. The van der Waals surface area contributed by atoms with Gasteiger partial charge in [-0.1, -0.05) is 19.9 Å². The molecule has 26 heavy (non-hydrogen) atoms. The Labute approximate surface area is 156 Å². The van der Waals surface area contributed by atoms with Crippen molar-refractivity contribution >= 4 is 15.9 Å². The summed E-state index contributed by atoms with van der Waals surface area (Å²) in [5.41, 5.74) is 2.45. The van der Waals surface area contributed by atoms with E-state index < -0.39 is 10.0 Å². The Morgan fingerprint density at radius 1 is 1.12 bits per heavy atom. The maximum Gasteiger partial charge on any atom is 0.243 e. The Kier molecular flexibility index (Phi) is 5.99. The Hall–Kier alpha value is -1.44. The molecule has 0 spiro atoms. The summed E-state index contributed by atoms with van der Waals surface area (Å²) in [6.07, 6.45) is 3.13. The van der Waals surface area contributed by atoms with E-state index in [-0.39, 0.29) is 5.91 Å². The molecule has 1 saturated heterocycles. The zero-order valence-corrected chi connectivity index (χ0v) is 16.5. The number of hydrogen-bond donors (Lipinski definition) is 1. The molecule has 1 aliphatic heterocycles. The second kappa shape index (κ2) is 8.06. The lowest BCUT2D eigenvalue weighted by Crippen LogP contribution is -2.51. The molecule has 6 nitrogen and oxygen atoms in total. The van der Waals surface area contributed by atoms with E-state index in [0.29, 0.717) is 50.1 Å². The minimum Gasteiger partial charge on any atom is -0.355 e. The first-order chi connectivity index (χ1) is 12.4. The zero-order valence-electron chi connectivity index (χ0n) is 15.7. The lowest BCUT2D eigenvalue weighted by molar-refractivity contribution is -0.122. The van der Waals surface area contributed by atoms with Crippen LogP contribution in [0.15, 0.2) is 23.1 Å². The summed E-state index contributed by atoms with van der Waals surface area (Å²) in [6, 6.07) is 5.55. The standard InChI is InChI=1S/C19H29N3O3S/c1-15(2)13-20-19(23)14-21-8-10-22(11-9-21)26(24,25)18-7-6-16-4-3-5-17(16)12-18/h6-7,12,15H,3-5,8-11,13-14H2,1-2H3,(H,20,23). The highest BCUT2D eigenvalue weighted by molar-refractivity contribution is 7.89. The Balaban J connectivity index is 1.56. The van der Waals surface area contributed by atoms with E-state index in [0.717, 1.165) is 19.3 Å². The van der Waals surface area contributed by atoms with Crippen LogP contribution in [0.4, 0.5) is 0 Å². The summed E-state index contributed by atoms with van der Waals surface area (Å²) in [5.74, 6) is 0.432. The number of amides is 1. The van der Waals surface area contributed by atoms with Crippen LogP contribution in [0.2, 0.25) is 0 Å². The first-order valence-corrected chi connectivity index (χ1v) is 10.9. The van der Waals surface area contributed by atoms with E-state index in [1.54, 1.807) is 10.4 Å². The van der Waals surface area contributed by atoms with Crippen LogP contribution in [0, 0.1) is 5.92 Å². The van der Waals surface area contributed by atoms with Crippen molar-refractivity contribution in [1.29, 1.82) is 0 Å². The van der Waals surface area contributed by atoms with Gasteiger partial charge in [-0.05, 0) is 48.4 Å². The predicted octanol–water partition coefficient (Wildman–Crippen LogP) is 1.25. The van der Waals surface area contributed by atoms with Gasteiger partial charge in [-0.15, -0.1) is 0 Å². The third-order valence-corrected chi connectivity index (χ3v) is 7.01. The summed E-state index contributed by atoms with van der Waals surface area (Å²) in [5, 5.41) is 2.91. The predicted molar refractivity (Wildman–Crippen MR) is 102 cm³/mol.